The molecule has 0 amide bonds. The second-order valence-electron chi connectivity index (χ2n) is 3.47. The maximum Gasteiger partial charge on any atom is 0.0837 e. The molecule has 2 heteroatoms. The van der Waals surface area contributed by atoms with Gasteiger partial charge in [0.15, 0.2) is 0 Å². The maximum absolute atomic E-state index is 5.60. The summed E-state index contributed by atoms with van der Waals surface area (Å²) in [7, 11) is 0. The third-order valence-corrected chi connectivity index (χ3v) is 2.50. The molecular weight excluding hydrogens is 184 g/mol. The van der Waals surface area contributed by atoms with Gasteiger partial charge >= 0.3 is 0 Å². The van der Waals surface area contributed by atoms with Crippen LogP contribution in [-0.2, 0) is 13.1 Å². The molecule has 2 N–H and O–H groups in total. The largest absolute Gasteiger partial charge is 0.336 e. The highest BCUT2D eigenvalue weighted by Gasteiger charge is 1.99. The predicted octanol–water partition coefficient (Wildman–Crippen LogP) is 2.12. The zero-order chi connectivity index (χ0) is 10.7. The van der Waals surface area contributed by atoms with Gasteiger partial charge in [0.1, 0.15) is 0 Å². The molecular formula is C13H14N2. The van der Waals surface area contributed by atoms with Crippen LogP contribution in [0.15, 0.2) is 30.5 Å². The van der Waals surface area contributed by atoms with E-state index in [0.717, 1.165) is 6.54 Å². The van der Waals surface area contributed by atoms with Crippen LogP contribution in [0.3, 0.4) is 0 Å². The fourth-order valence-electron chi connectivity index (χ4n) is 1.68. The average Bonchev–Trinajstić information content (AvgIpc) is 2.68. The van der Waals surface area contributed by atoms with E-state index in [-0.39, 0.29) is 0 Å². The van der Waals surface area contributed by atoms with E-state index in [1.165, 1.54) is 16.5 Å². The molecule has 2 nitrogen and oxygen atoms in total. The maximum atomic E-state index is 5.60. The number of aromatic nitrogens is 1. The minimum absolute atomic E-state index is 0.593. The quantitative estimate of drug-likeness (QED) is 0.736. The van der Waals surface area contributed by atoms with Crippen LogP contribution in [0.2, 0.25) is 0 Å². The molecule has 76 valence electrons. The van der Waals surface area contributed by atoms with Gasteiger partial charge in [-0.05, 0) is 36.1 Å². The number of rotatable bonds is 2. The van der Waals surface area contributed by atoms with E-state index < -0.39 is 0 Å². The fraction of sp³-hybridized carbons (Fsp3) is 0.231. The zero-order valence-corrected chi connectivity index (χ0v) is 8.83. The van der Waals surface area contributed by atoms with Crippen molar-refractivity contribution in [3.05, 3.63) is 36.0 Å². The highest BCUT2D eigenvalue weighted by Crippen LogP contribution is 2.17. The molecule has 2 aromatic rings. The molecule has 1 heterocycles. The summed E-state index contributed by atoms with van der Waals surface area (Å²) in [5.41, 5.74) is 7.98. The smallest absolute Gasteiger partial charge is 0.0837 e. The molecule has 1 aromatic carbocycles. The monoisotopic (exact) mass is 198 g/mol. The third kappa shape index (κ3) is 1.88. The van der Waals surface area contributed by atoms with Gasteiger partial charge in [-0.1, -0.05) is 12.0 Å². The first-order valence-electron chi connectivity index (χ1n) is 5.02. The van der Waals surface area contributed by atoms with Gasteiger partial charge in [-0.2, -0.15) is 0 Å². The summed E-state index contributed by atoms with van der Waals surface area (Å²) in [5, 5.41) is 1.23. The van der Waals surface area contributed by atoms with Crippen LogP contribution in [0.4, 0.5) is 0 Å². The molecule has 0 saturated heterocycles. The van der Waals surface area contributed by atoms with E-state index in [9.17, 15) is 0 Å². The van der Waals surface area contributed by atoms with E-state index in [1.807, 2.05) is 6.92 Å². The highest BCUT2D eigenvalue weighted by atomic mass is 14.9. The predicted molar refractivity (Wildman–Crippen MR) is 63.3 cm³/mol. The summed E-state index contributed by atoms with van der Waals surface area (Å²) in [6.07, 6.45) is 2.06. The molecule has 0 radical (unpaired) electrons. The van der Waals surface area contributed by atoms with Crippen molar-refractivity contribution in [2.45, 2.75) is 20.0 Å². The van der Waals surface area contributed by atoms with E-state index in [2.05, 4.69) is 46.9 Å². The van der Waals surface area contributed by atoms with E-state index >= 15 is 0 Å². The SMILES string of the molecule is CC#CCn1ccc2cc(CN)ccc21. The van der Waals surface area contributed by atoms with Gasteiger partial charge in [0.05, 0.1) is 6.54 Å². The normalized spacial score (nSPS) is 10.0. The summed E-state index contributed by atoms with van der Waals surface area (Å²) in [6, 6.07) is 8.41. The van der Waals surface area contributed by atoms with Gasteiger partial charge in [-0.25, -0.2) is 0 Å². The molecule has 0 saturated carbocycles. The highest BCUT2D eigenvalue weighted by molar-refractivity contribution is 5.80. The average molecular weight is 198 g/mol. The van der Waals surface area contributed by atoms with Gasteiger partial charge in [0.25, 0.3) is 0 Å². The van der Waals surface area contributed by atoms with Crippen molar-refractivity contribution in [3.63, 3.8) is 0 Å². The Labute approximate surface area is 89.7 Å². The van der Waals surface area contributed by atoms with Crippen LogP contribution >= 0.6 is 0 Å². The number of hydrogen-bond donors (Lipinski definition) is 1. The molecule has 0 atom stereocenters. The topological polar surface area (TPSA) is 30.9 Å². The number of nitrogens with zero attached hydrogens (tertiary/aromatic N) is 1. The van der Waals surface area contributed by atoms with Crippen molar-refractivity contribution < 1.29 is 0 Å². The lowest BCUT2D eigenvalue weighted by atomic mass is 10.1. The molecule has 1 aromatic heterocycles. The summed E-state index contributed by atoms with van der Waals surface area (Å²) in [6.45, 7) is 3.20. The first-order chi connectivity index (χ1) is 7.35. The Morgan fingerprint density at radius 2 is 2.20 bits per heavy atom. The molecule has 0 aliphatic carbocycles. The van der Waals surface area contributed by atoms with Crippen molar-refractivity contribution in [3.8, 4) is 11.8 Å². The Morgan fingerprint density at radius 3 is 2.93 bits per heavy atom. The number of nitrogens with two attached hydrogens (primary N) is 1. The van der Waals surface area contributed by atoms with E-state index in [0.29, 0.717) is 6.54 Å². The Balaban J connectivity index is 2.45. The van der Waals surface area contributed by atoms with E-state index in [1.54, 1.807) is 0 Å². The standard InChI is InChI=1S/C13H14N2/c1-2-3-7-15-8-6-12-9-11(10-14)4-5-13(12)15/h4-6,8-9H,7,10,14H2,1H3. The Morgan fingerprint density at radius 1 is 1.33 bits per heavy atom. The van der Waals surface area contributed by atoms with Crippen molar-refractivity contribution >= 4 is 10.9 Å². The lowest BCUT2D eigenvalue weighted by molar-refractivity contribution is 0.885. The molecule has 0 unspecified atom stereocenters. The zero-order valence-electron chi connectivity index (χ0n) is 8.83. The van der Waals surface area contributed by atoms with Gasteiger partial charge in [0, 0.05) is 18.3 Å². The van der Waals surface area contributed by atoms with E-state index in [4.69, 9.17) is 5.73 Å². The van der Waals surface area contributed by atoms with Crippen molar-refractivity contribution in [1.82, 2.24) is 4.57 Å². The second kappa shape index (κ2) is 4.20. The minimum Gasteiger partial charge on any atom is -0.336 e. The number of benzene rings is 1. The van der Waals surface area contributed by atoms with Gasteiger partial charge < -0.3 is 10.3 Å². The number of hydrogen-bond acceptors (Lipinski definition) is 1. The molecule has 0 bridgehead atoms. The van der Waals surface area contributed by atoms with Crippen LogP contribution < -0.4 is 5.73 Å². The Hall–Kier alpha value is -1.72. The van der Waals surface area contributed by atoms with Gasteiger partial charge in [-0.15, -0.1) is 5.92 Å². The summed E-state index contributed by atoms with van der Waals surface area (Å²) in [5.74, 6) is 5.96. The van der Waals surface area contributed by atoms with Crippen LogP contribution in [0.5, 0.6) is 0 Å². The summed E-state index contributed by atoms with van der Waals surface area (Å²) >= 11 is 0. The number of fused-ring (bicyclic) bond motifs is 1. The lowest BCUT2D eigenvalue weighted by Gasteiger charge is -2.01. The minimum atomic E-state index is 0.593. The second-order valence-corrected chi connectivity index (χ2v) is 3.47. The van der Waals surface area contributed by atoms with Crippen LogP contribution in [0.1, 0.15) is 12.5 Å². The van der Waals surface area contributed by atoms with Crippen LogP contribution in [0.25, 0.3) is 10.9 Å². The molecule has 0 fully saturated rings. The lowest BCUT2D eigenvalue weighted by Crippen LogP contribution is -1.96. The Bertz CT molecular complexity index is 526. The molecule has 2 rings (SSSR count). The molecule has 15 heavy (non-hydrogen) atoms. The molecule has 0 spiro atoms. The van der Waals surface area contributed by atoms with Crippen LogP contribution in [0, 0.1) is 11.8 Å². The first kappa shape index (κ1) is 9.82. The summed E-state index contributed by atoms with van der Waals surface area (Å²) < 4.78 is 2.14. The molecule has 0 aliphatic rings. The van der Waals surface area contributed by atoms with Crippen LogP contribution in [-0.4, -0.2) is 4.57 Å². The van der Waals surface area contributed by atoms with Gasteiger partial charge in [0.2, 0.25) is 0 Å². The fourth-order valence-corrected chi connectivity index (χ4v) is 1.68. The van der Waals surface area contributed by atoms with Crippen molar-refractivity contribution in [1.29, 1.82) is 0 Å². The summed E-state index contributed by atoms with van der Waals surface area (Å²) in [4.78, 5) is 0. The Kier molecular flexibility index (Phi) is 2.75. The molecule has 0 aliphatic heterocycles. The first-order valence-corrected chi connectivity index (χ1v) is 5.02. The van der Waals surface area contributed by atoms with Crippen molar-refractivity contribution in [2.75, 3.05) is 0 Å². The third-order valence-electron chi connectivity index (χ3n) is 2.50. The van der Waals surface area contributed by atoms with Crippen molar-refractivity contribution in [2.24, 2.45) is 5.73 Å². The van der Waals surface area contributed by atoms with Gasteiger partial charge in [-0.3, -0.25) is 0 Å².